The van der Waals surface area contributed by atoms with Crippen molar-refractivity contribution in [3.63, 3.8) is 0 Å². The Labute approximate surface area is 128 Å². The minimum Gasteiger partial charge on any atom is -0.480 e. The molecule has 0 fully saturated rings. The van der Waals surface area contributed by atoms with Crippen LogP contribution in [0, 0.1) is 11.6 Å². The molecule has 0 saturated carbocycles. The topological polar surface area (TPSA) is 78.4 Å². The second-order valence-corrected chi connectivity index (χ2v) is 5.29. The van der Waals surface area contributed by atoms with Crippen LogP contribution in [0.2, 0.25) is 0 Å². The lowest BCUT2D eigenvalue weighted by Crippen LogP contribution is -2.43. The number of unbranched alkanes of at least 4 members (excludes halogenated alkanes) is 1. The summed E-state index contributed by atoms with van der Waals surface area (Å²) in [6, 6.07) is -0.0975. The van der Waals surface area contributed by atoms with Gasteiger partial charge in [-0.15, -0.1) is 0 Å². The number of hydrogen-bond acceptors (Lipinski definition) is 2. The Morgan fingerprint density at radius 3 is 2.38 bits per heavy atom. The van der Waals surface area contributed by atoms with Crippen LogP contribution in [0.3, 0.4) is 0 Å². The van der Waals surface area contributed by atoms with E-state index in [1.807, 2.05) is 12.2 Å². The highest BCUT2D eigenvalue weighted by molar-refractivity contribution is 9.10. The van der Waals surface area contributed by atoms with Gasteiger partial charge in [0.2, 0.25) is 0 Å². The van der Waals surface area contributed by atoms with Crippen molar-refractivity contribution in [1.29, 1.82) is 0 Å². The summed E-state index contributed by atoms with van der Waals surface area (Å²) >= 11 is 2.92. The second kappa shape index (κ2) is 7.92. The van der Waals surface area contributed by atoms with Crippen LogP contribution >= 0.6 is 15.9 Å². The van der Waals surface area contributed by atoms with E-state index in [0.29, 0.717) is 6.42 Å². The molecule has 0 spiro atoms. The van der Waals surface area contributed by atoms with E-state index in [0.717, 1.165) is 18.6 Å². The quantitative estimate of drug-likeness (QED) is 0.722. The van der Waals surface area contributed by atoms with Gasteiger partial charge in [0.25, 0.3) is 0 Å². The Morgan fingerprint density at radius 1 is 1.33 bits per heavy atom. The maximum atomic E-state index is 13.5. The minimum atomic E-state index is -1.20. The number of halogens is 3. The second-order valence-electron chi connectivity index (χ2n) is 4.38. The molecular formula is C13H15BrF2N2O3. The molecule has 5 nitrogen and oxygen atoms in total. The summed E-state index contributed by atoms with van der Waals surface area (Å²) in [7, 11) is 0. The number of rotatable bonds is 6. The molecule has 116 valence electrons. The standard InChI is InChI=1S/C13H15BrF2N2O3/c1-2-3-4-10(12(19)20)17-13(21)18-11-8(15)5-7(14)6-9(11)16/h5-6,10H,2-4H2,1H3,(H,19,20)(H2,17,18,21)/t10-/m0/s1. The molecule has 2 amide bonds. The molecule has 3 N–H and O–H groups in total. The first kappa shape index (κ1) is 17.4. The van der Waals surface area contributed by atoms with E-state index in [1.165, 1.54) is 0 Å². The fourth-order valence-electron chi connectivity index (χ4n) is 1.64. The smallest absolute Gasteiger partial charge is 0.326 e. The molecular weight excluding hydrogens is 350 g/mol. The van der Waals surface area contributed by atoms with E-state index in [2.05, 4.69) is 21.2 Å². The molecule has 1 rings (SSSR count). The molecule has 0 unspecified atom stereocenters. The maximum Gasteiger partial charge on any atom is 0.326 e. The summed E-state index contributed by atoms with van der Waals surface area (Å²) in [5, 5.41) is 13.1. The third kappa shape index (κ3) is 5.30. The van der Waals surface area contributed by atoms with Crippen molar-refractivity contribution in [2.24, 2.45) is 0 Å². The first-order chi connectivity index (χ1) is 9.85. The molecule has 21 heavy (non-hydrogen) atoms. The van der Waals surface area contributed by atoms with Crippen molar-refractivity contribution in [2.75, 3.05) is 5.32 Å². The van der Waals surface area contributed by atoms with Crippen LogP contribution in [0.25, 0.3) is 0 Å². The predicted molar refractivity (Wildman–Crippen MR) is 77.2 cm³/mol. The van der Waals surface area contributed by atoms with Crippen molar-refractivity contribution in [3.05, 3.63) is 28.2 Å². The van der Waals surface area contributed by atoms with Crippen LogP contribution in [0.4, 0.5) is 19.3 Å². The monoisotopic (exact) mass is 364 g/mol. The Bertz CT molecular complexity index is 517. The molecule has 0 aliphatic heterocycles. The first-order valence-electron chi connectivity index (χ1n) is 6.30. The lowest BCUT2D eigenvalue weighted by atomic mass is 10.1. The van der Waals surface area contributed by atoms with Gasteiger partial charge in [0.05, 0.1) is 0 Å². The predicted octanol–water partition coefficient (Wildman–Crippen LogP) is 3.49. The van der Waals surface area contributed by atoms with Crippen molar-refractivity contribution in [1.82, 2.24) is 5.32 Å². The van der Waals surface area contributed by atoms with Crippen molar-refractivity contribution in [2.45, 2.75) is 32.2 Å². The molecule has 8 heteroatoms. The Balaban J connectivity index is 2.74. The third-order valence-corrected chi connectivity index (χ3v) is 3.15. The number of carbonyl (C=O) groups excluding carboxylic acids is 1. The zero-order valence-corrected chi connectivity index (χ0v) is 12.8. The maximum absolute atomic E-state index is 13.5. The average Bonchev–Trinajstić information content (AvgIpc) is 2.38. The molecule has 0 bridgehead atoms. The number of carboxylic acid groups (broad SMARTS) is 1. The van der Waals surface area contributed by atoms with E-state index in [9.17, 15) is 18.4 Å². The van der Waals surface area contributed by atoms with Crippen LogP contribution in [0.1, 0.15) is 26.2 Å². The van der Waals surface area contributed by atoms with E-state index >= 15 is 0 Å². The number of carbonyl (C=O) groups is 2. The van der Waals surface area contributed by atoms with Crippen molar-refractivity contribution < 1.29 is 23.5 Å². The zero-order valence-electron chi connectivity index (χ0n) is 11.3. The number of amides is 2. The molecule has 0 aliphatic rings. The van der Waals surface area contributed by atoms with Gasteiger partial charge in [0.1, 0.15) is 11.7 Å². The minimum absolute atomic E-state index is 0.190. The lowest BCUT2D eigenvalue weighted by molar-refractivity contribution is -0.139. The Hall–Kier alpha value is -1.70. The van der Waals surface area contributed by atoms with Crippen LogP contribution in [-0.4, -0.2) is 23.1 Å². The van der Waals surface area contributed by atoms with Crippen LogP contribution in [0.5, 0.6) is 0 Å². The first-order valence-corrected chi connectivity index (χ1v) is 7.09. The summed E-state index contributed by atoms with van der Waals surface area (Å²) < 4.78 is 27.3. The van der Waals surface area contributed by atoms with E-state index in [1.54, 1.807) is 0 Å². The highest BCUT2D eigenvalue weighted by atomic mass is 79.9. The van der Waals surface area contributed by atoms with Crippen molar-refractivity contribution >= 4 is 33.6 Å². The van der Waals surface area contributed by atoms with E-state index in [4.69, 9.17) is 5.11 Å². The summed E-state index contributed by atoms with van der Waals surface area (Å²) in [6.07, 6.45) is 1.62. The van der Waals surface area contributed by atoms with Gasteiger partial charge in [-0.1, -0.05) is 35.7 Å². The largest absolute Gasteiger partial charge is 0.480 e. The summed E-state index contributed by atoms with van der Waals surface area (Å²) in [6.45, 7) is 1.88. The molecule has 0 radical (unpaired) electrons. The molecule has 0 aliphatic carbocycles. The van der Waals surface area contributed by atoms with Crippen LogP contribution in [0.15, 0.2) is 16.6 Å². The summed E-state index contributed by atoms with van der Waals surface area (Å²) in [5.74, 6) is -3.12. The van der Waals surface area contributed by atoms with Gasteiger partial charge in [-0.3, -0.25) is 0 Å². The van der Waals surface area contributed by atoms with Gasteiger partial charge < -0.3 is 15.7 Å². The fourth-order valence-corrected chi connectivity index (χ4v) is 2.04. The van der Waals surface area contributed by atoms with Crippen molar-refractivity contribution in [3.8, 4) is 0 Å². The summed E-state index contributed by atoms with van der Waals surface area (Å²) in [4.78, 5) is 22.6. The van der Waals surface area contributed by atoms with E-state index in [-0.39, 0.29) is 10.9 Å². The van der Waals surface area contributed by atoms with Gasteiger partial charge >= 0.3 is 12.0 Å². The Morgan fingerprint density at radius 2 is 1.90 bits per heavy atom. The third-order valence-electron chi connectivity index (χ3n) is 2.70. The average molecular weight is 365 g/mol. The summed E-state index contributed by atoms with van der Waals surface area (Å²) in [5.41, 5.74) is -0.629. The number of aliphatic carboxylic acids is 1. The number of benzene rings is 1. The number of nitrogens with one attached hydrogen (secondary N) is 2. The molecule has 1 atom stereocenters. The van der Waals surface area contributed by atoms with Gasteiger partial charge in [0, 0.05) is 4.47 Å². The lowest BCUT2D eigenvalue weighted by Gasteiger charge is -2.15. The van der Waals surface area contributed by atoms with Gasteiger partial charge in [-0.25, -0.2) is 18.4 Å². The van der Waals surface area contributed by atoms with Gasteiger partial charge in [-0.05, 0) is 18.6 Å². The number of anilines is 1. The SMILES string of the molecule is CCCC[C@H](NC(=O)Nc1c(F)cc(Br)cc1F)C(=O)O. The highest BCUT2D eigenvalue weighted by Crippen LogP contribution is 2.23. The molecule has 1 aromatic rings. The van der Waals surface area contributed by atoms with Crippen LogP contribution < -0.4 is 10.6 Å². The van der Waals surface area contributed by atoms with Gasteiger partial charge in [-0.2, -0.15) is 0 Å². The highest BCUT2D eigenvalue weighted by Gasteiger charge is 2.21. The number of urea groups is 1. The van der Waals surface area contributed by atoms with Gasteiger partial charge in [0.15, 0.2) is 11.6 Å². The Kier molecular flexibility index (Phi) is 6.54. The number of hydrogen-bond donors (Lipinski definition) is 3. The number of carboxylic acids is 1. The van der Waals surface area contributed by atoms with Crippen LogP contribution in [-0.2, 0) is 4.79 Å². The molecule has 0 saturated heterocycles. The fraction of sp³-hybridized carbons (Fsp3) is 0.385. The molecule has 1 aromatic carbocycles. The van der Waals surface area contributed by atoms with E-state index < -0.39 is 35.4 Å². The molecule has 0 aromatic heterocycles. The normalized spacial score (nSPS) is 11.8. The molecule has 0 heterocycles. The zero-order chi connectivity index (χ0) is 16.0.